The van der Waals surface area contributed by atoms with Crippen molar-refractivity contribution in [2.75, 3.05) is 20.2 Å². The molecule has 3 heteroatoms. The minimum Gasteiger partial charge on any atom is -0.463 e. The summed E-state index contributed by atoms with van der Waals surface area (Å²) in [6.07, 6.45) is 8.45. The maximum atomic E-state index is 12.3. The molecule has 1 heterocycles. The van der Waals surface area contributed by atoms with E-state index in [4.69, 9.17) is 4.74 Å². The smallest absolute Gasteiger partial charge is 0.309 e. The molecule has 0 spiro atoms. The summed E-state index contributed by atoms with van der Waals surface area (Å²) in [6, 6.07) is 0. The normalized spacial score (nSPS) is 41.9. The average Bonchev–Trinajstić information content (AvgIpc) is 3.11. The minimum atomic E-state index is 0.0975. The van der Waals surface area contributed by atoms with Crippen molar-refractivity contribution < 1.29 is 9.53 Å². The standard InChI is InChI=1S/C16H27NO2/c1-3-16(7-4-8-17(16)2)11-19-15(18)14-10-12-5-6-13(14)9-12/h12-14H,3-11H2,1-2H3/t12-,13-,14+,16-/m0/s1. The quantitative estimate of drug-likeness (QED) is 0.732. The Kier molecular flexibility index (Phi) is 3.59. The molecule has 2 bridgehead atoms. The molecule has 1 aliphatic heterocycles. The number of esters is 1. The van der Waals surface area contributed by atoms with Gasteiger partial charge in [-0.05, 0) is 64.0 Å². The number of hydrogen-bond donors (Lipinski definition) is 0. The largest absolute Gasteiger partial charge is 0.463 e. The molecular weight excluding hydrogens is 238 g/mol. The van der Waals surface area contributed by atoms with Gasteiger partial charge < -0.3 is 4.74 Å². The van der Waals surface area contributed by atoms with Gasteiger partial charge in [0.2, 0.25) is 0 Å². The second-order valence-electron chi connectivity index (χ2n) is 6.99. The summed E-state index contributed by atoms with van der Waals surface area (Å²) in [7, 11) is 2.17. The minimum absolute atomic E-state index is 0.0975. The van der Waals surface area contributed by atoms with Crippen LogP contribution in [0.2, 0.25) is 0 Å². The van der Waals surface area contributed by atoms with Crippen molar-refractivity contribution in [3.63, 3.8) is 0 Å². The zero-order chi connectivity index (χ0) is 13.5. The second-order valence-corrected chi connectivity index (χ2v) is 6.99. The summed E-state index contributed by atoms with van der Waals surface area (Å²) < 4.78 is 5.75. The van der Waals surface area contributed by atoms with Crippen molar-refractivity contribution in [3.8, 4) is 0 Å². The molecule has 0 N–H and O–H groups in total. The van der Waals surface area contributed by atoms with E-state index in [1.165, 1.54) is 32.1 Å². The Morgan fingerprint density at radius 3 is 2.74 bits per heavy atom. The lowest BCUT2D eigenvalue weighted by molar-refractivity contribution is -0.154. The topological polar surface area (TPSA) is 29.5 Å². The third-order valence-electron chi connectivity index (χ3n) is 6.13. The highest BCUT2D eigenvalue weighted by atomic mass is 16.5. The van der Waals surface area contributed by atoms with Crippen molar-refractivity contribution in [2.45, 2.75) is 57.4 Å². The molecule has 108 valence electrons. The van der Waals surface area contributed by atoms with Gasteiger partial charge in [0.1, 0.15) is 6.61 Å². The number of fused-ring (bicyclic) bond motifs is 2. The maximum absolute atomic E-state index is 12.3. The Hall–Kier alpha value is -0.570. The summed E-state index contributed by atoms with van der Waals surface area (Å²) in [4.78, 5) is 14.7. The molecule has 2 saturated carbocycles. The van der Waals surface area contributed by atoms with Crippen LogP contribution in [-0.2, 0) is 9.53 Å². The SMILES string of the molecule is CC[C@@]1(COC(=O)[C@@H]2C[C@H]3CC[C@H]2C3)CCCN1C. The first-order valence-electron chi connectivity index (χ1n) is 8.02. The van der Waals surface area contributed by atoms with Gasteiger partial charge in [-0.25, -0.2) is 0 Å². The fraction of sp³-hybridized carbons (Fsp3) is 0.938. The first kappa shape index (κ1) is 13.4. The predicted octanol–water partition coefficient (Wildman–Crippen LogP) is 2.84. The van der Waals surface area contributed by atoms with Crippen LogP contribution in [0.1, 0.15) is 51.9 Å². The predicted molar refractivity (Wildman–Crippen MR) is 74.8 cm³/mol. The summed E-state index contributed by atoms with van der Waals surface area (Å²) in [5.41, 5.74) is 0.118. The number of ether oxygens (including phenoxy) is 1. The van der Waals surface area contributed by atoms with E-state index in [2.05, 4.69) is 18.9 Å². The third kappa shape index (κ3) is 2.31. The lowest BCUT2D eigenvalue weighted by atomic mass is 9.89. The number of hydrogen-bond acceptors (Lipinski definition) is 3. The van der Waals surface area contributed by atoms with Gasteiger partial charge in [0.05, 0.1) is 11.5 Å². The van der Waals surface area contributed by atoms with Gasteiger partial charge in [-0.1, -0.05) is 13.3 Å². The van der Waals surface area contributed by atoms with Crippen LogP contribution in [0.4, 0.5) is 0 Å². The van der Waals surface area contributed by atoms with Gasteiger partial charge in [-0.2, -0.15) is 0 Å². The van der Waals surface area contributed by atoms with E-state index < -0.39 is 0 Å². The molecule has 3 fully saturated rings. The molecule has 3 rings (SSSR count). The molecule has 1 saturated heterocycles. The fourth-order valence-electron chi connectivity index (χ4n) is 4.65. The zero-order valence-electron chi connectivity index (χ0n) is 12.4. The van der Waals surface area contributed by atoms with E-state index >= 15 is 0 Å². The van der Waals surface area contributed by atoms with E-state index in [0.29, 0.717) is 12.5 Å². The average molecular weight is 265 g/mol. The fourth-order valence-corrected chi connectivity index (χ4v) is 4.65. The summed E-state index contributed by atoms with van der Waals surface area (Å²) in [5, 5.41) is 0. The van der Waals surface area contributed by atoms with E-state index in [1.54, 1.807) is 0 Å². The molecule has 0 unspecified atom stereocenters. The van der Waals surface area contributed by atoms with Gasteiger partial charge in [0, 0.05) is 0 Å². The van der Waals surface area contributed by atoms with Gasteiger partial charge >= 0.3 is 5.97 Å². The number of carbonyl (C=O) groups excluding carboxylic acids is 1. The molecule has 0 aromatic carbocycles. The molecule has 0 aromatic heterocycles. The van der Waals surface area contributed by atoms with Crippen LogP contribution in [-0.4, -0.2) is 36.6 Å². The molecule has 19 heavy (non-hydrogen) atoms. The number of carbonyl (C=O) groups is 1. The Morgan fingerprint density at radius 1 is 1.37 bits per heavy atom. The third-order valence-corrected chi connectivity index (χ3v) is 6.13. The highest BCUT2D eigenvalue weighted by molar-refractivity contribution is 5.73. The Labute approximate surface area is 116 Å². The number of likely N-dealkylation sites (N-methyl/N-ethyl adjacent to an activating group) is 1. The first-order chi connectivity index (χ1) is 9.14. The van der Waals surface area contributed by atoms with Crippen LogP contribution >= 0.6 is 0 Å². The van der Waals surface area contributed by atoms with Crippen molar-refractivity contribution in [3.05, 3.63) is 0 Å². The van der Waals surface area contributed by atoms with Gasteiger partial charge in [-0.3, -0.25) is 9.69 Å². The molecular formula is C16H27NO2. The monoisotopic (exact) mass is 265 g/mol. The summed E-state index contributed by atoms with van der Waals surface area (Å²) >= 11 is 0. The van der Waals surface area contributed by atoms with Crippen LogP contribution in [0.3, 0.4) is 0 Å². The Morgan fingerprint density at radius 2 is 2.21 bits per heavy atom. The molecule has 3 aliphatic rings. The number of likely N-dealkylation sites (tertiary alicyclic amines) is 1. The van der Waals surface area contributed by atoms with E-state index in [9.17, 15) is 4.79 Å². The highest BCUT2D eigenvalue weighted by Crippen LogP contribution is 2.48. The molecule has 0 radical (unpaired) electrons. The molecule has 0 aromatic rings. The van der Waals surface area contributed by atoms with Crippen LogP contribution in [0.15, 0.2) is 0 Å². The van der Waals surface area contributed by atoms with Crippen LogP contribution in [0, 0.1) is 17.8 Å². The Bertz CT molecular complexity index is 357. The molecule has 0 amide bonds. The van der Waals surface area contributed by atoms with Gasteiger partial charge in [-0.15, -0.1) is 0 Å². The Balaban J connectivity index is 1.55. The molecule has 2 aliphatic carbocycles. The van der Waals surface area contributed by atoms with E-state index in [0.717, 1.165) is 25.3 Å². The van der Waals surface area contributed by atoms with Crippen molar-refractivity contribution >= 4 is 5.97 Å². The van der Waals surface area contributed by atoms with Crippen LogP contribution in [0.25, 0.3) is 0 Å². The van der Waals surface area contributed by atoms with Crippen LogP contribution in [0.5, 0.6) is 0 Å². The van der Waals surface area contributed by atoms with Crippen LogP contribution < -0.4 is 0 Å². The summed E-state index contributed by atoms with van der Waals surface area (Å²) in [6.45, 7) is 3.96. The lowest BCUT2D eigenvalue weighted by Crippen LogP contribution is -2.46. The van der Waals surface area contributed by atoms with E-state index in [1.807, 2.05) is 0 Å². The van der Waals surface area contributed by atoms with Gasteiger partial charge in [0.15, 0.2) is 0 Å². The lowest BCUT2D eigenvalue weighted by Gasteiger charge is -2.35. The number of rotatable bonds is 4. The number of nitrogens with zero attached hydrogens (tertiary/aromatic N) is 1. The van der Waals surface area contributed by atoms with Gasteiger partial charge in [0.25, 0.3) is 0 Å². The van der Waals surface area contributed by atoms with Crippen molar-refractivity contribution in [1.29, 1.82) is 0 Å². The molecule has 3 nitrogen and oxygen atoms in total. The molecule has 4 atom stereocenters. The van der Waals surface area contributed by atoms with Crippen molar-refractivity contribution in [1.82, 2.24) is 4.90 Å². The summed E-state index contributed by atoms with van der Waals surface area (Å²) in [5.74, 6) is 1.77. The first-order valence-corrected chi connectivity index (χ1v) is 8.02. The van der Waals surface area contributed by atoms with E-state index in [-0.39, 0.29) is 17.4 Å². The maximum Gasteiger partial charge on any atom is 0.309 e. The second kappa shape index (κ2) is 5.08. The highest BCUT2D eigenvalue weighted by Gasteiger charge is 2.45. The zero-order valence-corrected chi connectivity index (χ0v) is 12.4. The van der Waals surface area contributed by atoms with Crippen molar-refractivity contribution in [2.24, 2.45) is 17.8 Å².